The van der Waals surface area contributed by atoms with Gasteiger partial charge < -0.3 is 19.6 Å². The third-order valence-corrected chi connectivity index (χ3v) is 3.14. The fourth-order valence-electron chi connectivity index (χ4n) is 2.01. The fourth-order valence-corrected chi connectivity index (χ4v) is 2.01. The van der Waals surface area contributed by atoms with Crippen LogP contribution in [0.2, 0.25) is 0 Å². The number of carbonyl (C=O) groups is 2. The van der Waals surface area contributed by atoms with E-state index < -0.39 is 5.97 Å². The molecule has 0 aromatic rings. The average Bonchev–Trinajstić information content (AvgIpc) is 2.39. The highest BCUT2D eigenvalue weighted by Crippen LogP contribution is 2.11. The summed E-state index contributed by atoms with van der Waals surface area (Å²) in [5, 5.41) is 8.84. The number of amides is 2. The van der Waals surface area contributed by atoms with E-state index in [-0.39, 0.29) is 18.6 Å². The molecule has 112 valence electrons. The van der Waals surface area contributed by atoms with Gasteiger partial charge in [-0.1, -0.05) is 13.8 Å². The lowest BCUT2D eigenvalue weighted by Gasteiger charge is -2.34. The first kappa shape index (κ1) is 17.7. The topological polar surface area (TPSA) is 70.1 Å². The van der Waals surface area contributed by atoms with Crippen molar-refractivity contribution in [2.45, 2.75) is 39.7 Å². The zero-order valence-corrected chi connectivity index (χ0v) is 12.4. The molecule has 1 N–H and O–H groups in total. The molecule has 0 bridgehead atoms. The number of carboxylic acid groups (broad SMARTS) is 1. The van der Waals surface area contributed by atoms with Crippen molar-refractivity contribution in [2.24, 2.45) is 0 Å². The molecule has 0 aliphatic heterocycles. The van der Waals surface area contributed by atoms with Crippen molar-refractivity contribution in [3.05, 3.63) is 0 Å². The van der Waals surface area contributed by atoms with Crippen molar-refractivity contribution in [3.63, 3.8) is 0 Å². The maximum Gasteiger partial charge on any atom is 0.323 e. The van der Waals surface area contributed by atoms with E-state index in [1.165, 1.54) is 4.90 Å². The number of likely N-dealkylation sites (N-methyl/N-ethyl adjacent to an activating group) is 1. The number of methoxy groups -OCH3 is 1. The lowest BCUT2D eigenvalue weighted by Crippen LogP contribution is -2.50. The number of aliphatic carboxylic acids is 1. The number of ether oxygens (including phenoxy) is 1. The van der Waals surface area contributed by atoms with Crippen LogP contribution in [0, 0.1) is 0 Å². The largest absolute Gasteiger partial charge is 0.480 e. The average molecular weight is 274 g/mol. The summed E-state index contributed by atoms with van der Waals surface area (Å²) < 4.78 is 5.03. The van der Waals surface area contributed by atoms with Crippen molar-refractivity contribution in [1.29, 1.82) is 0 Å². The van der Waals surface area contributed by atoms with E-state index in [2.05, 4.69) is 0 Å². The SMILES string of the molecule is CCC(CC)N(CCOC)C(=O)N(CC)CC(=O)O. The monoisotopic (exact) mass is 274 g/mol. The number of hydrogen-bond acceptors (Lipinski definition) is 3. The summed E-state index contributed by atoms with van der Waals surface area (Å²) in [6.07, 6.45) is 1.69. The molecule has 0 heterocycles. The lowest BCUT2D eigenvalue weighted by molar-refractivity contribution is -0.137. The smallest absolute Gasteiger partial charge is 0.323 e. The second kappa shape index (κ2) is 9.61. The van der Waals surface area contributed by atoms with Gasteiger partial charge in [0.1, 0.15) is 6.54 Å². The highest BCUT2D eigenvalue weighted by atomic mass is 16.5. The number of carbonyl (C=O) groups excluding carboxylic acids is 1. The maximum atomic E-state index is 12.4. The highest BCUT2D eigenvalue weighted by molar-refractivity contribution is 5.80. The van der Waals surface area contributed by atoms with Crippen LogP contribution in [0.5, 0.6) is 0 Å². The number of urea groups is 1. The highest BCUT2D eigenvalue weighted by Gasteiger charge is 2.26. The Hall–Kier alpha value is -1.30. The minimum absolute atomic E-state index is 0.116. The summed E-state index contributed by atoms with van der Waals surface area (Å²) >= 11 is 0. The first-order valence-electron chi connectivity index (χ1n) is 6.77. The van der Waals surface area contributed by atoms with Gasteiger partial charge in [0.2, 0.25) is 0 Å². The van der Waals surface area contributed by atoms with Crippen LogP contribution in [0.4, 0.5) is 4.79 Å². The molecule has 0 fully saturated rings. The normalized spacial score (nSPS) is 10.6. The Bertz CT molecular complexity index is 280. The number of carboxylic acids is 1. The Morgan fingerprint density at radius 3 is 2.16 bits per heavy atom. The molecule has 0 spiro atoms. The van der Waals surface area contributed by atoms with E-state index in [0.717, 1.165) is 12.8 Å². The molecular weight excluding hydrogens is 248 g/mol. The molecule has 0 radical (unpaired) electrons. The van der Waals surface area contributed by atoms with E-state index in [0.29, 0.717) is 19.7 Å². The van der Waals surface area contributed by atoms with Crippen LogP contribution >= 0.6 is 0 Å². The third kappa shape index (κ3) is 5.92. The van der Waals surface area contributed by atoms with Gasteiger partial charge in [0, 0.05) is 26.2 Å². The van der Waals surface area contributed by atoms with Gasteiger partial charge in [-0.05, 0) is 19.8 Å². The minimum atomic E-state index is -0.994. The summed E-state index contributed by atoms with van der Waals surface area (Å²) in [6, 6.07) is -0.110. The molecule has 0 rings (SSSR count). The zero-order chi connectivity index (χ0) is 14.8. The molecule has 0 atom stereocenters. The standard InChI is InChI=1S/C13H26N2O4/c1-5-11(6-2)15(8-9-19-4)13(18)14(7-3)10-12(16)17/h11H,5-10H2,1-4H3,(H,16,17). The van der Waals surface area contributed by atoms with Crippen LogP contribution < -0.4 is 0 Å². The summed E-state index contributed by atoms with van der Waals surface area (Å²) in [5.74, 6) is -0.994. The summed E-state index contributed by atoms with van der Waals surface area (Å²) in [6.45, 7) is 6.88. The molecule has 0 aromatic carbocycles. The summed E-state index contributed by atoms with van der Waals surface area (Å²) in [7, 11) is 1.59. The molecule has 2 amide bonds. The molecule has 0 saturated heterocycles. The van der Waals surface area contributed by atoms with Crippen LogP contribution in [0.1, 0.15) is 33.6 Å². The molecule has 0 saturated carbocycles. The maximum absolute atomic E-state index is 12.4. The third-order valence-electron chi connectivity index (χ3n) is 3.14. The van der Waals surface area contributed by atoms with E-state index in [1.54, 1.807) is 18.9 Å². The van der Waals surface area contributed by atoms with Crippen molar-refractivity contribution in [2.75, 3.05) is 33.4 Å². The van der Waals surface area contributed by atoms with Crippen LogP contribution in [0.25, 0.3) is 0 Å². The second-order valence-corrected chi connectivity index (χ2v) is 4.35. The summed E-state index contributed by atoms with van der Waals surface area (Å²) in [5.41, 5.74) is 0. The van der Waals surface area contributed by atoms with Gasteiger partial charge in [-0.15, -0.1) is 0 Å². The first-order valence-corrected chi connectivity index (χ1v) is 6.77. The van der Waals surface area contributed by atoms with Gasteiger partial charge in [0.05, 0.1) is 6.61 Å². The molecule has 0 unspecified atom stereocenters. The molecule has 6 heteroatoms. The quantitative estimate of drug-likeness (QED) is 0.694. The Morgan fingerprint density at radius 1 is 1.21 bits per heavy atom. The molecule has 19 heavy (non-hydrogen) atoms. The molecule has 6 nitrogen and oxygen atoms in total. The predicted molar refractivity (Wildman–Crippen MR) is 73.2 cm³/mol. The number of nitrogens with zero attached hydrogens (tertiary/aromatic N) is 2. The van der Waals surface area contributed by atoms with Gasteiger partial charge in [-0.25, -0.2) is 4.79 Å². The van der Waals surface area contributed by atoms with E-state index in [4.69, 9.17) is 9.84 Å². The van der Waals surface area contributed by atoms with Gasteiger partial charge in [0.25, 0.3) is 0 Å². The van der Waals surface area contributed by atoms with Gasteiger partial charge in [0.15, 0.2) is 0 Å². The molecule has 0 aliphatic carbocycles. The zero-order valence-electron chi connectivity index (χ0n) is 12.4. The van der Waals surface area contributed by atoms with Crippen molar-refractivity contribution < 1.29 is 19.4 Å². The predicted octanol–water partition coefficient (Wildman–Crippen LogP) is 1.65. The summed E-state index contributed by atoms with van der Waals surface area (Å²) in [4.78, 5) is 26.3. The van der Waals surface area contributed by atoms with Crippen molar-refractivity contribution in [3.8, 4) is 0 Å². The second-order valence-electron chi connectivity index (χ2n) is 4.35. The van der Waals surface area contributed by atoms with Crippen LogP contribution in [-0.2, 0) is 9.53 Å². The van der Waals surface area contributed by atoms with E-state index in [9.17, 15) is 9.59 Å². The van der Waals surface area contributed by atoms with Gasteiger partial charge >= 0.3 is 12.0 Å². The van der Waals surface area contributed by atoms with Crippen LogP contribution in [0.3, 0.4) is 0 Å². The Morgan fingerprint density at radius 2 is 1.79 bits per heavy atom. The molecule has 0 aliphatic rings. The fraction of sp³-hybridized carbons (Fsp3) is 0.846. The van der Waals surface area contributed by atoms with Crippen molar-refractivity contribution in [1.82, 2.24) is 9.80 Å². The van der Waals surface area contributed by atoms with Crippen molar-refractivity contribution >= 4 is 12.0 Å². The first-order chi connectivity index (χ1) is 9.01. The van der Waals surface area contributed by atoms with E-state index >= 15 is 0 Å². The van der Waals surface area contributed by atoms with Gasteiger partial charge in [-0.3, -0.25) is 4.79 Å². The molecular formula is C13H26N2O4. The number of hydrogen-bond donors (Lipinski definition) is 1. The molecule has 0 aromatic heterocycles. The lowest BCUT2D eigenvalue weighted by atomic mass is 10.1. The van der Waals surface area contributed by atoms with Crippen LogP contribution in [-0.4, -0.2) is 66.3 Å². The van der Waals surface area contributed by atoms with Crippen LogP contribution in [0.15, 0.2) is 0 Å². The Balaban J connectivity index is 4.88. The van der Waals surface area contributed by atoms with Gasteiger partial charge in [-0.2, -0.15) is 0 Å². The number of rotatable bonds is 9. The Labute approximate surface area is 115 Å². The minimum Gasteiger partial charge on any atom is -0.480 e. The van der Waals surface area contributed by atoms with E-state index in [1.807, 2.05) is 13.8 Å². The Kier molecular flexibility index (Phi) is 8.95.